The van der Waals surface area contributed by atoms with Crippen molar-refractivity contribution in [1.82, 2.24) is 4.90 Å². The van der Waals surface area contributed by atoms with Crippen LogP contribution in [0.15, 0.2) is 89.9 Å². The average molecular weight is 403 g/mol. The average Bonchev–Trinajstić information content (AvgIpc) is 2.77. The van der Waals surface area contributed by atoms with Crippen molar-refractivity contribution in [2.45, 2.75) is 16.2 Å². The summed E-state index contributed by atoms with van der Waals surface area (Å²) in [6.45, 7) is 0.901. The molecule has 3 aromatic carbocycles. The summed E-state index contributed by atoms with van der Waals surface area (Å²) < 4.78 is -0.151. The van der Waals surface area contributed by atoms with E-state index in [1.807, 2.05) is 23.5 Å². The van der Waals surface area contributed by atoms with Gasteiger partial charge in [0.05, 0.1) is 5.69 Å². The molecule has 0 N–H and O–H groups in total. The first-order valence-corrected chi connectivity index (χ1v) is 11.9. The van der Waals surface area contributed by atoms with E-state index in [9.17, 15) is 0 Å². The highest BCUT2D eigenvalue weighted by atomic mass is 32.2. The lowest BCUT2D eigenvalue weighted by Gasteiger charge is -2.67. The van der Waals surface area contributed by atoms with Crippen LogP contribution in [0.1, 0.15) is 16.7 Å². The van der Waals surface area contributed by atoms with Crippen molar-refractivity contribution in [2.24, 2.45) is 4.99 Å². The van der Waals surface area contributed by atoms with Gasteiger partial charge in [0.1, 0.15) is 11.3 Å². The molecule has 0 spiro atoms. The second-order valence-corrected chi connectivity index (χ2v) is 9.38. The van der Waals surface area contributed by atoms with Gasteiger partial charge >= 0.3 is 0 Å². The van der Waals surface area contributed by atoms with Gasteiger partial charge in [0.15, 0.2) is 4.20 Å². The Balaban J connectivity index is 1.85. The highest BCUT2D eigenvalue weighted by Crippen LogP contribution is 2.66. The summed E-state index contributed by atoms with van der Waals surface area (Å²) in [7, 11) is 0. The van der Waals surface area contributed by atoms with Gasteiger partial charge in [-0.1, -0.05) is 78.9 Å². The van der Waals surface area contributed by atoms with Crippen LogP contribution in [0.5, 0.6) is 0 Å². The molecule has 2 aliphatic heterocycles. The lowest BCUT2D eigenvalue weighted by molar-refractivity contribution is 0.205. The van der Waals surface area contributed by atoms with Gasteiger partial charge in [0, 0.05) is 6.54 Å². The van der Waals surface area contributed by atoms with Crippen LogP contribution in [0.4, 0.5) is 5.69 Å². The number of benzene rings is 3. The van der Waals surface area contributed by atoms with E-state index in [1.54, 1.807) is 0 Å². The third-order valence-electron chi connectivity index (χ3n) is 5.93. The predicted molar refractivity (Wildman–Crippen MR) is 123 cm³/mol. The summed E-state index contributed by atoms with van der Waals surface area (Å²) in [6, 6.07) is 30.3. The molecule has 0 unspecified atom stereocenters. The highest BCUT2D eigenvalue weighted by molar-refractivity contribution is 8.17. The zero-order valence-corrected chi connectivity index (χ0v) is 17.6. The topological polar surface area (TPSA) is 15.6 Å². The Hall–Kier alpha value is -2.17. The maximum Gasteiger partial charge on any atom is 0.155 e. The number of thioether (sulfide) groups is 2. The number of amidine groups is 1. The standard InChI is InChI=1S/C24H22N2S2/c1-27-24(28-2)23(19-12-5-3-6-13-19,20-14-7-4-8-15-20)22-25-21-16-10-9-11-18(21)17-26(22)24/h3-16H,17H2,1-2H3. The van der Waals surface area contributed by atoms with Gasteiger partial charge in [0.25, 0.3) is 0 Å². The van der Waals surface area contributed by atoms with Gasteiger partial charge in [-0.25, -0.2) is 4.99 Å². The van der Waals surface area contributed by atoms with E-state index < -0.39 is 0 Å². The normalized spacial score (nSPS) is 18.5. The first kappa shape index (κ1) is 17.9. The van der Waals surface area contributed by atoms with E-state index in [4.69, 9.17) is 4.99 Å². The summed E-state index contributed by atoms with van der Waals surface area (Å²) in [4.78, 5) is 7.73. The molecule has 3 aromatic rings. The maximum atomic E-state index is 5.23. The second kappa shape index (κ2) is 6.71. The second-order valence-electron chi connectivity index (χ2n) is 7.12. The van der Waals surface area contributed by atoms with Crippen molar-refractivity contribution < 1.29 is 0 Å². The summed E-state index contributed by atoms with van der Waals surface area (Å²) in [5, 5.41) is 0. The van der Waals surface area contributed by atoms with E-state index in [0.29, 0.717) is 0 Å². The number of aliphatic imine (C=N–C) groups is 1. The minimum absolute atomic E-state index is 0.151. The molecule has 1 saturated heterocycles. The Morgan fingerprint density at radius 3 is 1.86 bits per heavy atom. The molecule has 28 heavy (non-hydrogen) atoms. The molecule has 4 heteroatoms. The largest absolute Gasteiger partial charge is 0.330 e. The van der Waals surface area contributed by atoms with Crippen LogP contribution in [-0.2, 0) is 12.0 Å². The van der Waals surface area contributed by atoms with Gasteiger partial charge < -0.3 is 4.90 Å². The van der Waals surface area contributed by atoms with Crippen molar-refractivity contribution in [2.75, 3.05) is 12.5 Å². The minimum Gasteiger partial charge on any atom is -0.330 e. The van der Waals surface area contributed by atoms with Crippen LogP contribution >= 0.6 is 23.5 Å². The fourth-order valence-electron chi connectivity index (χ4n) is 4.77. The van der Waals surface area contributed by atoms with Gasteiger partial charge in [-0.3, -0.25) is 0 Å². The van der Waals surface area contributed by atoms with Crippen LogP contribution < -0.4 is 0 Å². The molecule has 0 radical (unpaired) electrons. The number of fused-ring (bicyclic) bond motifs is 2. The fourth-order valence-corrected chi connectivity index (χ4v) is 7.45. The Labute approximate surface area is 175 Å². The van der Waals surface area contributed by atoms with E-state index in [-0.39, 0.29) is 9.62 Å². The summed E-state index contributed by atoms with van der Waals surface area (Å²) in [6.07, 6.45) is 4.46. The quantitative estimate of drug-likeness (QED) is 0.504. The Bertz CT molecular complexity index is 987. The Morgan fingerprint density at radius 2 is 1.29 bits per heavy atom. The minimum atomic E-state index is -0.290. The lowest BCUT2D eigenvalue weighted by atomic mass is 9.65. The summed E-state index contributed by atoms with van der Waals surface area (Å²) in [5.74, 6) is 1.16. The third kappa shape index (κ3) is 2.16. The van der Waals surface area contributed by atoms with Gasteiger partial charge in [0.2, 0.25) is 0 Å². The zero-order chi connectivity index (χ0) is 19.2. The van der Waals surface area contributed by atoms with Crippen LogP contribution in [0.25, 0.3) is 0 Å². The monoisotopic (exact) mass is 402 g/mol. The molecule has 0 aliphatic carbocycles. The molecule has 2 aliphatic rings. The van der Waals surface area contributed by atoms with Crippen LogP contribution in [0.2, 0.25) is 0 Å². The number of hydrogen-bond donors (Lipinski definition) is 0. The molecule has 1 fully saturated rings. The van der Waals surface area contributed by atoms with E-state index in [1.165, 1.54) is 16.7 Å². The molecule has 0 atom stereocenters. The molecular formula is C24H22N2S2. The van der Waals surface area contributed by atoms with Crippen molar-refractivity contribution in [3.63, 3.8) is 0 Å². The van der Waals surface area contributed by atoms with Gasteiger partial charge in [-0.15, -0.1) is 23.5 Å². The molecule has 0 aromatic heterocycles. The zero-order valence-electron chi connectivity index (χ0n) is 16.0. The molecular weight excluding hydrogens is 380 g/mol. The van der Waals surface area contributed by atoms with Crippen LogP contribution in [-0.4, -0.2) is 27.5 Å². The molecule has 0 saturated carbocycles. The third-order valence-corrected chi connectivity index (χ3v) is 9.09. The molecule has 0 bridgehead atoms. The van der Waals surface area contributed by atoms with Crippen molar-refractivity contribution >= 4 is 35.0 Å². The van der Waals surface area contributed by atoms with E-state index in [0.717, 1.165) is 18.1 Å². The van der Waals surface area contributed by atoms with E-state index >= 15 is 0 Å². The summed E-state index contributed by atoms with van der Waals surface area (Å²) in [5.41, 5.74) is 4.72. The van der Waals surface area contributed by atoms with Gasteiger partial charge in [-0.2, -0.15) is 0 Å². The van der Waals surface area contributed by atoms with Crippen molar-refractivity contribution in [1.29, 1.82) is 0 Å². The predicted octanol–water partition coefficient (Wildman–Crippen LogP) is 5.91. The maximum absolute atomic E-state index is 5.23. The molecule has 2 nitrogen and oxygen atoms in total. The molecule has 5 rings (SSSR count). The van der Waals surface area contributed by atoms with Crippen molar-refractivity contribution in [3.8, 4) is 0 Å². The highest BCUT2D eigenvalue weighted by Gasteiger charge is 2.71. The van der Waals surface area contributed by atoms with Crippen LogP contribution in [0.3, 0.4) is 0 Å². The Morgan fingerprint density at radius 1 is 0.750 bits per heavy atom. The van der Waals surface area contributed by atoms with Crippen LogP contribution in [0, 0.1) is 0 Å². The number of nitrogens with zero attached hydrogens (tertiary/aromatic N) is 2. The first-order valence-electron chi connectivity index (χ1n) is 9.44. The number of hydrogen-bond acceptors (Lipinski definition) is 4. The Kier molecular flexibility index (Phi) is 4.29. The van der Waals surface area contributed by atoms with Gasteiger partial charge in [-0.05, 0) is 35.3 Å². The summed E-state index contributed by atoms with van der Waals surface area (Å²) >= 11 is 3.85. The first-order chi connectivity index (χ1) is 13.8. The fraction of sp³-hybridized carbons (Fsp3) is 0.208. The van der Waals surface area contributed by atoms with E-state index in [2.05, 4.69) is 102 Å². The van der Waals surface area contributed by atoms with Crippen molar-refractivity contribution in [3.05, 3.63) is 102 Å². The molecule has 140 valence electrons. The SMILES string of the molecule is CSC1(SC)N2Cc3ccccc3N=C2C1(c1ccccc1)c1ccccc1. The molecule has 0 amide bonds. The lowest BCUT2D eigenvalue weighted by Crippen LogP contribution is -2.77. The molecule has 2 heterocycles. The smallest absolute Gasteiger partial charge is 0.155 e. The number of para-hydroxylation sites is 1. The number of rotatable bonds is 4.